The van der Waals surface area contributed by atoms with E-state index in [4.69, 9.17) is 4.74 Å². The van der Waals surface area contributed by atoms with Crippen molar-refractivity contribution in [2.45, 2.75) is 33.1 Å². The molecule has 0 aromatic heterocycles. The Morgan fingerprint density at radius 3 is 2.56 bits per heavy atom. The molecule has 0 aliphatic heterocycles. The SMILES string of the molecule is CCC(C)(C)C(=O)C(C#N)c1ccccc1OC. The van der Waals surface area contributed by atoms with E-state index in [1.807, 2.05) is 32.9 Å². The van der Waals surface area contributed by atoms with Crippen LogP contribution in [-0.2, 0) is 4.79 Å². The van der Waals surface area contributed by atoms with Crippen molar-refractivity contribution >= 4 is 5.78 Å². The van der Waals surface area contributed by atoms with Gasteiger partial charge in [-0.05, 0) is 12.5 Å². The summed E-state index contributed by atoms with van der Waals surface area (Å²) in [5.41, 5.74) is 0.148. The molecule has 0 N–H and O–H groups in total. The summed E-state index contributed by atoms with van der Waals surface area (Å²) in [6.07, 6.45) is 0.708. The Kier molecular flexibility index (Phi) is 4.49. The molecule has 18 heavy (non-hydrogen) atoms. The molecule has 0 bridgehead atoms. The van der Waals surface area contributed by atoms with E-state index in [0.717, 1.165) is 0 Å². The molecule has 3 heteroatoms. The fraction of sp³-hybridized carbons (Fsp3) is 0.467. The van der Waals surface area contributed by atoms with Gasteiger partial charge in [-0.15, -0.1) is 0 Å². The topological polar surface area (TPSA) is 50.1 Å². The monoisotopic (exact) mass is 245 g/mol. The second-order valence-corrected chi connectivity index (χ2v) is 4.91. The van der Waals surface area contributed by atoms with Crippen LogP contribution in [0.4, 0.5) is 0 Å². The Labute approximate surface area is 108 Å². The van der Waals surface area contributed by atoms with Gasteiger partial charge < -0.3 is 4.74 Å². The number of nitrogens with zero attached hydrogens (tertiary/aromatic N) is 1. The lowest BCUT2D eigenvalue weighted by Gasteiger charge is -2.24. The molecular weight excluding hydrogens is 226 g/mol. The maximum atomic E-state index is 12.4. The Morgan fingerprint density at radius 1 is 1.44 bits per heavy atom. The van der Waals surface area contributed by atoms with Gasteiger partial charge in [-0.1, -0.05) is 39.0 Å². The van der Waals surface area contributed by atoms with E-state index in [-0.39, 0.29) is 5.78 Å². The molecule has 96 valence electrons. The van der Waals surface area contributed by atoms with Crippen LogP contribution in [0.2, 0.25) is 0 Å². The molecule has 1 rings (SSSR count). The fourth-order valence-electron chi connectivity index (χ4n) is 1.74. The second-order valence-electron chi connectivity index (χ2n) is 4.91. The predicted molar refractivity (Wildman–Crippen MR) is 70.4 cm³/mol. The summed E-state index contributed by atoms with van der Waals surface area (Å²) in [5, 5.41) is 9.30. The number of rotatable bonds is 5. The van der Waals surface area contributed by atoms with Gasteiger partial charge in [-0.3, -0.25) is 4.79 Å². The van der Waals surface area contributed by atoms with Gasteiger partial charge >= 0.3 is 0 Å². The maximum Gasteiger partial charge on any atom is 0.160 e. The largest absolute Gasteiger partial charge is 0.496 e. The zero-order valence-corrected chi connectivity index (χ0v) is 11.4. The first-order valence-corrected chi connectivity index (χ1v) is 6.04. The van der Waals surface area contributed by atoms with Crippen molar-refractivity contribution in [3.05, 3.63) is 29.8 Å². The van der Waals surface area contributed by atoms with Crippen molar-refractivity contribution in [1.29, 1.82) is 5.26 Å². The van der Waals surface area contributed by atoms with E-state index in [1.54, 1.807) is 19.2 Å². The van der Waals surface area contributed by atoms with E-state index >= 15 is 0 Å². The summed E-state index contributed by atoms with van der Waals surface area (Å²) in [6.45, 7) is 5.69. The molecule has 1 aromatic rings. The van der Waals surface area contributed by atoms with E-state index < -0.39 is 11.3 Å². The highest BCUT2D eigenvalue weighted by Crippen LogP contribution is 2.34. The standard InChI is InChI=1S/C15H19NO2/c1-5-15(2,3)14(17)12(10-16)11-8-6-7-9-13(11)18-4/h6-9,12H,5H2,1-4H3. The molecule has 0 aliphatic carbocycles. The van der Waals surface area contributed by atoms with Crippen molar-refractivity contribution in [1.82, 2.24) is 0 Å². The molecule has 0 aliphatic rings. The molecular formula is C15H19NO2. The second kappa shape index (κ2) is 5.68. The lowest BCUT2D eigenvalue weighted by atomic mass is 9.77. The quantitative estimate of drug-likeness (QED) is 0.799. The molecule has 0 fully saturated rings. The van der Waals surface area contributed by atoms with Crippen LogP contribution >= 0.6 is 0 Å². The van der Waals surface area contributed by atoms with Crippen molar-refractivity contribution in [3.63, 3.8) is 0 Å². The summed E-state index contributed by atoms with van der Waals surface area (Å²) in [5.74, 6) is -0.239. The lowest BCUT2D eigenvalue weighted by Crippen LogP contribution is -2.28. The normalized spacial score (nSPS) is 12.6. The van der Waals surface area contributed by atoms with E-state index in [1.165, 1.54) is 0 Å². The molecule has 0 amide bonds. The third-order valence-electron chi connectivity index (χ3n) is 3.39. The van der Waals surface area contributed by atoms with Crippen molar-refractivity contribution in [2.24, 2.45) is 5.41 Å². The number of hydrogen-bond donors (Lipinski definition) is 0. The highest BCUT2D eigenvalue weighted by atomic mass is 16.5. The van der Waals surface area contributed by atoms with E-state index in [2.05, 4.69) is 6.07 Å². The first kappa shape index (κ1) is 14.2. The summed E-state index contributed by atoms with van der Waals surface area (Å²) >= 11 is 0. The average molecular weight is 245 g/mol. The number of ether oxygens (including phenoxy) is 1. The third kappa shape index (κ3) is 2.70. The van der Waals surface area contributed by atoms with E-state index in [9.17, 15) is 10.1 Å². The number of carbonyl (C=O) groups excluding carboxylic acids is 1. The number of Topliss-reactive ketones (excluding diaryl/α,β-unsaturated/α-hetero) is 1. The molecule has 0 saturated carbocycles. The zero-order chi connectivity index (χ0) is 13.8. The van der Waals surface area contributed by atoms with Gasteiger partial charge in [-0.2, -0.15) is 5.26 Å². The summed E-state index contributed by atoms with van der Waals surface area (Å²) < 4.78 is 5.22. The number of nitriles is 1. The molecule has 0 radical (unpaired) electrons. The Balaban J connectivity index is 3.20. The first-order valence-electron chi connectivity index (χ1n) is 6.04. The van der Waals surface area contributed by atoms with Crippen molar-refractivity contribution < 1.29 is 9.53 Å². The van der Waals surface area contributed by atoms with Crippen LogP contribution in [-0.4, -0.2) is 12.9 Å². The van der Waals surface area contributed by atoms with Gasteiger partial charge in [0.05, 0.1) is 13.2 Å². The van der Waals surface area contributed by atoms with Crippen LogP contribution in [0.5, 0.6) is 5.75 Å². The highest BCUT2D eigenvalue weighted by Gasteiger charge is 2.34. The number of benzene rings is 1. The molecule has 1 atom stereocenters. The van der Waals surface area contributed by atoms with Crippen molar-refractivity contribution in [2.75, 3.05) is 7.11 Å². The Bertz CT molecular complexity index is 472. The van der Waals surface area contributed by atoms with Crippen LogP contribution in [0.15, 0.2) is 24.3 Å². The first-order chi connectivity index (χ1) is 8.47. The smallest absolute Gasteiger partial charge is 0.160 e. The van der Waals surface area contributed by atoms with Crippen molar-refractivity contribution in [3.8, 4) is 11.8 Å². The number of methoxy groups -OCH3 is 1. The summed E-state index contributed by atoms with van der Waals surface area (Å²) in [7, 11) is 1.54. The molecule has 3 nitrogen and oxygen atoms in total. The molecule has 0 heterocycles. The van der Waals surface area contributed by atoms with Crippen LogP contribution in [0.3, 0.4) is 0 Å². The number of carbonyl (C=O) groups is 1. The predicted octanol–water partition coefficient (Wildman–Crippen LogP) is 3.31. The number of para-hydroxylation sites is 1. The third-order valence-corrected chi connectivity index (χ3v) is 3.39. The van der Waals surface area contributed by atoms with Crippen LogP contribution in [0, 0.1) is 16.7 Å². The summed E-state index contributed by atoms with van der Waals surface area (Å²) in [6, 6.07) is 9.29. The zero-order valence-electron chi connectivity index (χ0n) is 11.4. The maximum absolute atomic E-state index is 12.4. The minimum Gasteiger partial charge on any atom is -0.496 e. The highest BCUT2D eigenvalue weighted by molar-refractivity contribution is 5.93. The van der Waals surface area contributed by atoms with E-state index in [0.29, 0.717) is 17.7 Å². The van der Waals surface area contributed by atoms with Crippen LogP contribution in [0.25, 0.3) is 0 Å². The van der Waals surface area contributed by atoms with Gasteiger partial charge in [0.2, 0.25) is 0 Å². The average Bonchev–Trinajstić information content (AvgIpc) is 2.40. The van der Waals surface area contributed by atoms with Gasteiger partial charge in [0, 0.05) is 11.0 Å². The summed E-state index contributed by atoms with van der Waals surface area (Å²) in [4.78, 5) is 12.4. The number of hydrogen-bond acceptors (Lipinski definition) is 3. The van der Waals surface area contributed by atoms with Gasteiger partial charge in [0.15, 0.2) is 5.78 Å². The molecule has 0 spiro atoms. The molecule has 1 unspecified atom stereocenters. The lowest BCUT2D eigenvalue weighted by molar-refractivity contribution is -0.127. The van der Waals surface area contributed by atoms with Gasteiger partial charge in [-0.25, -0.2) is 0 Å². The van der Waals surface area contributed by atoms with Crippen LogP contribution < -0.4 is 4.74 Å². The fourth-order valence-corrected chi connectivity index (χ4v) is 1.74. The molecule has 0 saturated heterocycles. The van der Waals surface area contributed by atoms with Gasteiger partial charge in [0.1, 0.15) is 11.7 Å². The Hall–Kier alpha value is -1.82. The van der Waals surface area contributed by atoms with Gasteiger partial charge in [0.25, 0.3) is 0 Å². The Morgan fingerprint density at radius 2 is 2.06 bits per heavy atom. The number of ketones is 1. The molecule has 1 aromatic carbocycles. The van der Waals surface area contributed by atoms with Crippen LogP contribution in [0.1, 0.15) is 38.7 Å². The minimum absolute atomic E-state index is 0.0583. The minimum atomic E-state index is -0.768.